The quantitative estimate of drug-likeness (QED) is 0.273. The molecule has 1 aromatic heterocycles. The fraction of sp³-hybridized carbons (Fsp3) is 0.0357. The molecule has 9 heteroatoms. The molecule has 0 bridgehead atoms. The fourth-order valence-electron chi connectivity index (χ4n) is 3.70. The molecule has 0 atom stereocenters. The zero-order valence-corrected chi connectivity index (χ0v) is 21.3. The molecule has 1 aliphatic heterocycles. The van der Waals surface area contributed by atoms with Gasteiger partial charge in [0, 0.05) is 16.3 Å². The summed E-state index contributed by atoms with van der Waals surface area (Å²) >= 11 is 2.52. The number of thioether (sulfide) groups is 1. The second-order valence-electron chi connectivity index (χ2n) is 7.90. The smallest absolute Gasteiger partial charge is 0.283 e. The van der Waals surface area contributed by atoms with Crippen LogP contribution in [0, 0.1) is 0 Å². The molecule has 0 fully saturated rings. The van der Waals surface area contributed by atoms with Crippen LogP contribution in [-0.2, 0) is 9.59 Å². The highest BCUT2D eigenvalue weighted by molar-refractivity contribution is 8.04. The fourth-order valence-corrected chi connectivity index (χ4v) is 5.31. The lowest BCUT2D eigenvalue weighted by Gasteiger charge is -2.15. The Bertz CT molecular complexity index is 1480. The number of thiophene rings is 1. The first-order chi connectivity index (χ1) is 18.0. The van der Waals surface area contributed by atoms with Crippen LogP contribution in [0.4, 0.5) is 17.1 Å². The van der Waals surface area contributed by atoms with Gasteiger partial charge in [0.05, 0.1) is 17.7 Å². The van der Waals surface area contributed by atoms with Crippen LogP contribution < -0.4 is 20.3 Å². The Hall–Kier alpha value is -4.34. The van der Waals surface area contributed by atoms with Crippen LogP contribution in [-0.4, -0.2) is 24.8 Å². The summed E-state index contributed by atoms with van der Waals surface area (Å²) < 4.78 is 5.21. The molecule has 184 valence electrons. The first-order valence-corrected chi connectivity index (χ1v) is 12.9. The van der Waals surface area contributed by atoms with Gasteiger partial charge in [0.2, 0.25) is 0 Å². The topological polar surface area (TPSA) is 87.7 Å². The van der Waals surface area contributed by atoms with Crippen molar-refractivity contribution in [2.45, 2.75) is 4.90 Å². The van der Waals surface area contributed by atoms with Gasteiger partial charge in [-0.3, -0.25) is 14.4 Å². The standard InChI is InChI=1S/C28H21N3O4S2/c1-35-21-14-12-18(13-15-21)29-24-25(28(34)31(27(24)33)20-8-3-2-4-9-20)37-22-10-5-7-19(17-22)30-26(32)23-11-6-16-36-23/h2-17,29H,1H3,(H,30,32). The van der Waals surface area contributed by atoms with Gasteiger partial charge in [-0.2, -0.15) is 0 Å². The molecular weight excluding hydrogens is 506 g/mol. The van der Waals surface area contributed by atoms with E-state index in [1.54, 1.807) is 79.9 Å². The summed E-state index contributed by atoms with van der Waals surface area (Å²) in [5.74, 6) is -0.405. The van der Waals surface area contributed by atoms with Gasteiger partial charge in [0.1, 0.15) is 16.4 Å². The number of para-hydroxylation sites is 1. The van der Waals surface area contributed by atoms with Crippen molar-refractivity contribution in [1.29, 1.82) is 0 Å². The number of nitrogens with zero attached hydrogens (tertiary/aromatic N) is 1. The number of carbonyl (C=O) groups is 3. The minimum atomic E-state index is -0.448. The molecule has 0 radical (unpaired) electrons. The minimum Gasteiger partial charge on any atom is -0.497 e. The molecule has 2 N–H and O–H groups in total. The third kappa shape index (κ3) is 5.28. The highest BCUT2D eigenvalue weighted by atomic mass is 32.2. The summed E-state index contributed by atoms with van der Waals surface area (Å²) in [7, 11) is 1.58. The molecule has 3 aromatic carbocycles. The van der Waals surface area contributed by atoms with Gasteiger partial charge in [-0.05, 0) is 66.0 Å². The van der Waals surface area contributed by atoms with Crippen LogP contribution in [0.25, 0.3) is 0 Å². The van der Waals surface area contributed by atoms with E-state index in [-0.39, 0.29) is 16.5 Å². The molecule has 2 heterocycles. The zero-order chi connectivity index (χ0) is 25.8. The van der Waals surface area contributed by atoms with E-state index >= 15 is 0 Å². The van der Waals surface area contributed by atoms with Gasteiger partial charge in [0.15, 0.2) is 0 Å². The Kier molecular flexibility index (Phi) is 7.07. The number of imide groups is 1. The van der Waals surface area contributed by atoms with E-state index in [2.05, 4.69) is 10.6 Å². The third-order valence-corrected chi connectivity index (χ3v) is 7.41. The first kappa shape index (κ1) is 24.4. The maximum absolute atomic E-state index is 13.5. The second-order valence-corrected chi connectivity index (χ2v) is 9.93. The Morgan fingerprint density at radius 3 is 2.35 bits per heavy atom. The number of benzene rings is 3. The number of carbonyl (C=O) groups excluding carboxylic acids is 3. The minimum absolute atomic E-state index is 0.178. The molecule has 0 spiro atoms. The molecule has 7 nitrogen and oxygen atoms in total. The predicted octanol–water partition coefficient (Wildman–Crippen LogP) is 6.00. The summed E-state index contributed by atoms with van der Waals surface area (Å²) in [6.45, 7) is 0. The second kappa shape index (κ2) is 10.7. The van der Waals surface area contributed by atoms with Gasteiger partial charge in [-0.15, -0.1) is 11.3 Å². The molecule has 0 saturated heterocycles. The normalized spacial score (nSPS) is 13.2. The maximum Gasteiger partial charge on any atom is 0.283 e. The van der Waals surface area contributed by atoms with Crippen molar-refractivity contribution in [2.24, 2.45) is 0 Å². The number of ether oxygens (including phenoxy) is 1. The zero-order valence-electron chi connectivity index (χ0n) is 19.6. The van der Waals surface area contributed by atoms with Crippen molar-refractivity contribution in [3.05, 3.63) is 112 Å². The molecule has 1 aliphatic rings. The Morgan fingerprint density at radius 2 is 1.65 bits per heavy atom. The third-order valence-electron chi connectivity index (χ3n) is 5.47. The molecule has 3 amide bonds. The van der Waals surface area contributed by atoms with E-state index in [4.69, 9.17) is 4.74 Å². The lowest BCUT2D eigenvalue weighted by atomic mass is 10.2. The lowest BCUT2D eigenvalue weighted by Crippen LogP contribution is -2.32. The summed E-state index contributed by atoms with van der Waals surface area (Å²) in [6.07, 6.45) is 0. The van der Waals surface area contributed by atoms with Crippen molar-refractivity contribution in [3.63, 3.8) is 0 Å². The maximum atomic E-state index is 13.5. The van der Waals surface area contributed by atoms with Crippen LogP contribution >= 0.6 is 23.1 Å². The van der Waals surface area contributed by atoms with Crippen molar-refractivity contribution < 1.29 is 19.1 Å². The molecular formula is C28H21N3O4S2. The Labute approximate surface area is 221 Å². The first-order valence-electron chi connectivity index (χ1n) is 11.3. The summed E-state index contributed by atoms with van der Waals surface area (Å²) in [4.78, 5) is 42.2. The van der Waals surface area contributed by atoms with Crippen LogP contribution in [0.5, 0.6) is 5.75 Å². The van der Waals surface area contributed by atoms with Gasteiger partial charge in [-0.25, -0.2) is 4.90 Å². The van der Waals surface area contributed by atoms with Crippen molar-refractivity contribution >= 4 is 57.9 Å². The highest BCUT2D eigenvalue weighted by Gasteiger charge is 2.40. The van der Waals surface area contributed by atoms with E-state index < -0.39 is 11.8 Å². The number of hydrogen-bond donors (Lipinski definition) is 2. The number of anilines is 3. The summed E-state index contributed by atoms with van der Waals surface area (Å²) in [6, 6.07) is 26.6. The van der Waals surface area contributed by atoms with Crippen LogP contribution in [0.1, 0.15) is 9.67 Å². The Balaban J connectivity index is 1.46. The summed E-state index contributed by atoms with van der Waals surface area (Å²) in [5, 5.41) is 7.85. The van der Waals surface area contributed by atoms with Crippen molar-refractivity contribution in [1.82, 2.24) is 0 Å². The number of amides is 3. The van der Waals surface area contributed by atoms with Crippen LogP contribution in [0.3, 0.4) is 0 Å². The van der Waals surface area contributed by atoms with Crippen molar-refractivity contribution in [3.8, 4) is 5.75 Å². The molecule has 4 aromatic rings. The number of hydrogen-bond acceptors (Lipinski definition) is 7. The van der Waals surface area contributed by atoms with Gasteiger partial charge >= 0.3 is 0 Å². The SMILES string of the molecule is COc1ccc(NC2=C(Sc3cccc(NC(=O)c4cccs4)c3)C(=O)N(c3ccccc3)C2=O)cc1. The highest BCUT2D eigenvalue weighted by Crippen LogP contribution is 2.38. The summed E-state index contributed by atoms with van der Waals surface area (Å²) in [5.41, 5.74) is 1.89. The Morgan fingerprint density at radius 1 is 0.865 bits per heavy atom. The number of nitrogens with one attached hydrogen (secondary N) is 2. The molecule has 0 saturated carbocycles. The van der Waals surface area contributed by atoms with Gasteiger partial charge in [0.25, 0.3) is 17.7 Å². The molecule has 0 aliphatic carbocycles. The van der Waals surface area contributed by atoms with Gasteiger partial charge < -0.3 is 15.4 Å². The van der Waals surface area contributed by atoms with E-state index in [1.807, 2.05) is 23.6 Å². The lowest BCUT2D eigenvalue weighted by molar-refractivity contribution is -0.120. The average Bonchev–Trinajstić information content (AvgIpc) is 3.54. The molecule has 37 heavy (non-hydrogen) atoms. The number of rotatable bonds is 8. The van der Waals surface area contributed by atoms with E-state index in [1.165, 1.54) is 23.1 Å². The van der Waals surface area contributed by atoms with Gasteiger partial charge in [-0.1, -0.05) is 42.1 Å². The van der Waals surface area contributed by atoms with E-state index in [0.29, 0.717) is 32.6 Å². The predicted molar refractivity (Wildman–Crippen MR) is 147 cm³/mol. The van der Waals surface area contributed by atoms with E-state index in [9.17, 15) is 14.4 Å². The molecule has 5 rings (SSSR count). The van der Waals surface area contributed by atoms with E-state index in [0.717, 1.165) is 4.90 Å². The van der Waals surface area contributed by atoms with Crippen molar-refractivity contribution in [2.75, 3.05) is 22.6 Å². The van der Waals surface area contributed by atoms with Crippen LogP contribution in [0.2, 0.25) is 0 Å². The molecule has 0 unspecified atom stereocenters. The average molecular weight is 528 g/mol. The van der Waals surface area contributed by atoms with Crippen LogP contribution in [0.15, 0.2) is 112 Å². The largest absolute Gasteiger partial charge is 0.497 e. The monoisotopic (exact) mass is 527 g/mol. The number of methoxy groups -OCH3 is 1.